The number of aryl methyl sites for hydroxylation is 1. The molecule has 1 heterocycles. The molecule has 96 valence electrons. The lowest BCUT2D eigenvalue weighted by Crippen LogP contribution is -2.34. The highest BCUT2D eigenvalue weighted by Gasteiger charge is 2.13. The normalized spacial score (nSPS) is 12.8. The first-order valence-electron chi connectivity index (χ1n) is 6.12. The number of nitrogens with one attached hydrogen (secondary N) is 1. The minimum absolute atomic E-state index is 0.0432. The van der Waals surface area contributed by atoms with Crippen molar-refractivity contribution < 1.29 is 4.79 Å². The Morgan fingerprint density at radius 3 is 2.82 bits per heavy atom. The van der Waals surface area contributed by atoms with Crippen molar-refractivity contribution in [3.8, 4) is 0 Å². The molecule has 4 heteroatoms. The number of carbonyl (C=O) groups is 1. The first kappa shape index (κ1) is 14.2. The van der Waals surface area contributed by atoms with E-state index in [1.54, 1.807) is 11.3 Å². The van der Waals surface area contributed by atoms with Crippen molar-refractivity contribution in [2.45, 2.75) is 46.2 Å². The minimum Gasteiger partial charge on any atom is -0.351 e. The third-order valence-corrected chi connectivity index (χ3v) is 3.91. The van der Waals surface area contributed by atoms with Gasteiger partial charge in [0.05, 0.1) is 6.54 Å². The maximum absolute atomic E-state index is 11.7. The van der Waals surface area contributed by atoms with Crippen LogP contribution in [0.3, 0.4) is 0 Å². The van der Waals surface area contributed by atoms with Crippen LogP contribution in [-0.2, 0) is 17.8 Å². The average Bonchev–Trinajstić information content (AvgIpc) is 2.73. The molecule has 1 aromatic heterocycles. The predicted octanol–water partition coefficient (Wildman–Crippen LogP) is 2.30. The Hall–Kier alpha value is -0.870. The molecule has 0 radical (unpaired) electrons. The summed E-state index contributed by atoms with van der Waals surface area (Å²) in [5, 5.41) is 5.01. The molecule has 0 spiro atoms. The van der Waals surface area contributed by atoms with E-state index in [0.29, 0.717) is 18.9 Å². The number of carbonyl (C=O) groups excluding carboxylic acids is 1. The first-order valence-corrected chi connectivity index (χ1v) is 7.00. The number of amides is 1. The monoisotopic (exact) mass is 254 g/mol. The largest absolute Gasteiger partial charge is 0.351 e. The summed E-state index contributed by atoms with van der Waals surface area (Å²) in [5.41, 5.74) is 7.19. The van der Waals surface area contributed by atoms with Gasteiger partial charge in [-0.3, -0.25) is 4.79 Å². The lowest BCUT2D eigenvalue weighted by molar-refractivity contribution is -0.121. The van der Waals surface area contributed by atoms with Crippen LogP contribution in [0.15, 0.2) is 11.4 Å². The van der Waals surface area contributed by atoms with E-state index in [2.05, 4.69) is 23.7 Å². The molecule has 1 aromatic rings. The molecular formula is C13H22N2OS. The summed E-state index contributed by atoms with van der Waals surface area (Å²) >= 11 is 1.70. The zero-order valence-corrected chi connectivity index (χ0v) is 11.6. The van der Waals surface area contributed by atoms with Crippen LogP contribution in [-0.4, -0.2) is 11.9 Å². The van der Waals surface area contributed by atoms with Gasteiger partial charge in [-0.05, 0) is 29.3 Å². The van der Waals surface area contributed by atoms with Crippen LogP contribution in [0, 0.1) is 5.92 Å². The van der Waals surface area contributed by atoms with E-state index in [1.165, 1.54) is 10.4 Å². The van der Waals surface area contributed by atoms with E-state index in [4.69, 9.17) is 5.73 Å². The molecule has 3 nitrogen and oxygen atoms in total. The molecule has 1 amide bonds. The van der Waals surface area contributed by atoms with Crippen LogP contribution in [0.4, 0.5) is 0 Å². The van der Waals surface area contributed by atoms with E-state index in [1.807, 2.05) is 13.8 Å². The zero-order valence-electron chi connectivity index (χ0n) is 10.8. The van der Waals surface area contributed by atoms with Crippen LogP contribution in [0.1, 0.15) is 37.6 Å². The molecule has 0 fully saturated rings. The van der Waals surface area contributed by atoms with Crippen LogP contribution in [0.2, 0.25) is 0 Å². The van der Waals surface area contributed by atoms with Crippen molar-refractivity contribution in [1.82, 2.24) is 5.32 Å². The average molecular weight is 254 g/mol. The van der Waals surface area contributed by atoms with Gasteiger partial charge >= 0.3 is 0 Å². The second-order valence-corrected chi connectivity index (χ2v) is 5.61. The van der Waals surface area contributed by atoms with Gasteiger partial charge in [0, 0.05) is 17.3 Å². The van der Waals surface area contributed by atoms with Crippen molar-refractivity contribution in [2.24, 2.45) is 11.7 Å². The van der Waals surface area contributed by atoms with Gasteiger partial charge in [-0.1, -0.05) is 20.8 Å². The number of thiophene rings is 1. The van der Waals surface area contributed by atoms with Crippen LogP contribution < -0.4 is 11.1 Å². The molecule has 17 heavy (non-hydrogen) atoms. The molecule has 0 aromatic carbocycles. The van der Waals surface area contributed by atoms with E-state index >= 15 is 0 Å². The summed E-state index contributed by atoms with van der Waals surface area (Å²) in [6.07, 6.45) is 1.42. The Morgan fingerprint density at radius 1 is 1.53 bits per heavy atom. The standard InChI is InChI=1S/C13H22N2OS/c1-4-10-5-6-17-12(10)8-15-13(16)7-11(14)9(2)3/h5-6,9,11H,4,7-8,14H2,1-3H3,(H,15,16). The second kappa shape index (κ2) is 6.77. The number of nitrogens with two attached hydrogens (primary N) is 1. The fourth-order valence-electron chi connectivity index (χ4n) is 1.54. The fraction of sp³-hybridized carbons (Fsp3) is 0.615. The molecule has 0 bridgehead atoms. The molecule has 1 atom stereocenters. The van der Waals surface area contributed by atoms with Gasteiger partial charge < -0.3 is 11.1 Å². The summed E-state index contributed by atoms with van der Waals surface area (Å²) in [7, 11) is 0. The summed E-state index contributed by atoms with van der Waals surface area (Å²) in [6, 6.07) is 2.07. The van der Waals surface area contributed by atoms with Crippen molar-refractivity contribution >= 4 is 17.2 Å². The Kier molecular flexibility index (Phi) is 5.65. The minimum atomic E-state index is -0.0519. The predicted molar refractivity (Wildman–Crippen MR) is 73.0 cm³/mol. The van der Waals surface area contributed by atoms with Gasteiger partial charge in [0.25, 0.3) is 0 Å². The maximum atomic E-state index is 11.7. The van der Waals surface area contributed by atoms with Crippen molar-refractivity contribution in [1.29, 1.82) is 0 Å². The lowest BCUT2D eigenvalue weighted by Gasteiger charge is -2.15. The second-order valence-electron chi connectivity index (χ2n) is 4.61. The van der Waals surface area contributed by atoms with Gasteiger partial charge in [0.2, 0.25) is 5.91 Å². The zero-order chi connectivity index (χ0) is 12.8. The molecule has 1 rings (SSSR count). The Morgan fingerprint density at radius 2 is 2.24 bits per heavy atom. The summed E-state index contributed by atoms with van der Waals surface area (Å²) in [5.74, 6) is 0.385. The fourth-order valence-corrected chi connectivity index (χ4v) is 2.45. The molecule has 3 N–H and O–H groups in total. The molecule has 1 unspecified atom stereocenters. The number of hydrogen-bond donors (Lipinski definition) is 2. The van der Waals surface area contributed by atoms with Gasteiger partial charge in [-0.25, -0.2) is 0 Å². The van der Waals surface area contributed by atoms with Gasteiger partial charge in [-0.2, -0.15) is 0 Å². The Labute approximate surface area is 107 Å². The molecule has 0 saturated heterocycles. The SMILES string of the molecule is CCc1ccsc1CNC(=O)CC(N)C(C)C. The highest BCUT2D eigenvalue weighted by molar-refractivity contribution is 7.10. The van der Waals surface area contributed by atoms with Gasteiger partial charge in [0.1, 0.15) is 0 Å². The Balaban J connectivity index is 2.38. The molecular weight excluding hydrogens is 232 g/mol. The van der Waals surface area contributed by atoms with Crippen molar-refractivity contribution in [3.63, 3.8) is 0 Å². The number of rotatable bonds is 6. The molecule has 0 aliphatic rings. The first-order chi connectivity index (χ1) is 8.04. The van der Waals surface area contributed by atoms with Gasteiger partial charge in [-0.15, -0.1) is 11.3 Å². The Bertz CT molecular complexity index is 360. The summed E-state index contributed by atoms with van der Waals surface area (Å²) in [6.45, 7) is 6.82. The van der Waals surface area contributed by atoms with Crippen molar-refractivity contribution in [3.05, 3.63) is 21.9 Å². The smallest absolute Gasteiger partial charge is 0.221 e. The van der Waals surface area contributed by atoms with Gasteiger partial charge in [0.15, 0.2) is 0 Å². The van der Waals surface area contributed by atoms with Crippen LogP contribution in [0.5, 0.6) is 0 Å². The maximum Gasteiger partial charge on any atom is 0.221 e. The van der Waals surface area contributed by atoms with Crippen molar-refractivity contribution in [2.75, 3.05) is 0 Å². The highest BCUT2D eigenvalue weighted by Crippen LogP contribution is 2.17. The molecule has 0 aliphatic heterocycles. The third kappa shape index (κ3) is 4.48. The van der Waals surface area contributed by atoms with E-state index in [0.717, 1.165) is 6.42 Å². The van der Waals surface area contributed by atoms with Crippen LogP contribution in [0.25, 0.3) is 0 Å². The van der Waals surface area contributed by atoms with E-state index < -0.39 is 0 Å². The lowest BCUT2D eigenvalue weighted by atomic mass is 10.0. The third-order valence-electron chi connectivity index (χ3n) is 2.94. The van der Waals surface area contributed by atoms with E-state index in [9.17, 15) is 4.79 Å². The van der Waals surface area contributed by atoms with Crippen LogP contribution >= 0.6 is 11.3 Å². The van der Waals surface area contributed by atoms with E-state index in [-0.39, 0.29) is 11.9 Å². The molecule has 0 aliphatic carbocycles. The highest BCUT2D eigenvalue weighted by atomic mass is 32.1. The quantitative estimate of drug-likeness (QED) is 0.818. The summed E-state index contributed by atoms with van der Waals surface area (Å²) in [4.78, 5) is 12.9. The summed E-state index contributed by atoms with van der Waals surface area (Å²) < 4.78 is 0. The topological polar surface area (TPSA) is 55.1 Å². The number of hydrogen-bond acceptors (Lipinski definition) is 3. The molecule has 0 saturated carbocycles.